The monoisotopic (exact) mass is 499 g/mol. The van der Waals surface area contributed by atoms with Gasteiger partial charge in [-0.2, -0.15) is 0 Å². The molecular formula is C21H30IN3O3. The maximum absolute atomic E-state index is 10.3. The molecule has 0 aliphatic rings. The van der Waals surface area contributed by atoms with E-state index in [4.69, 9.17) is 9.47 Å². The summed E-state index contributed by atoms with van der Waals surface area (Å²) in [6.07, 6.45) is 0.109. The first kappa shape index (κ1) is 24.0. The number of nitrogens with zero attached hydrogens (tertiary/aromatic N) is 1. The van der Waals surface area contributed by atoms with Crippen molar-refractivity contribution in [1.29, 1.82) is 0 Å². The van der Waals surface area contributed by atoms with Crippen LogP contribution < -0.4 is 20.1 Å². The van der Waals surface area contributed by atoms with Crippen molar-refractivity contribution >= 4 is 29.9 Å². The second kappa shape index (κ2) is 13.2. The van der Waals surface area contributed by atoms with Gasteiger partial charge >= 0.3 is 0 Å². The van der Waals surface area contributed by atoms with Crippen LogP contribution in [-0.2, 0) is 6.54 Å². The summed E-state index contributed by atoms with van der Waals surface area (Å²) >= 11 is 0. The van der Waals surface area contributed by atoms with E-state index >= 15 is 0 Å². The number of aliphatic hydroxyl groups excluding tert-OH is 1. The molecule has 6 nitrogen and oxygen atoms in total. The lowest BCUT2D eigenvalue weighted by Gasteiger charge is -2.14. The van der Waals surface area contributed by atoms with Gasteiger partial charge in [-0.15, -0.1) is 24.0 Å². The Morgan fingerprint density at radius 1 is 1.04 bits per heavy atom. The Bertz CT molecular complexity index is 726. The fraction of sp³-hybridized carbons (Fsp3) is 0.381. The SMILES string of the molecule is CCNC(=NCc1ccc(OC)c(OC)c1)NCCC(O)c1ccccc1.I. The molecule has 0 amide bonds. The zero-order valence-corrected chi connectivity index (χ0v) is 19.0. The fourth-order valence-electron chi connectivity index (χ4n) is 2.66. The first-order valence-corrected chi connectivity index (χ1v) is 9.14. The summed E-state index contributed by atoms with van der Waals surface area (Å²) in [5.41, 5.74) is 1.95. The van der Waals surface area contributed by atoms with Crippen molar-refractivity contribution in [3.05, 3.63) is 59.7 Å². The van der Waals surface area contributed by atoms with Gasteiger partial charge in [0.15, 0.2) is 17.5 Å². The summed E-state index contributed by atoms with van der Waals surface area (Å²) in [6.45, 7) is 3.91. The van der Waals surface area contributed by atoms with Crippen LogP contribution in [-0.4, -0.2) is 38.4 Å². The average molecular weight is 499 g/mol. The zero-order chi connectivity index (χ0) is 19.5. The van der Waals surface area contributed by atoms with Crippen LogP contribution in [0, 0.1) is 0 Å². The van der Waals surface area contributed by atoms with Gasteiger partial charge < -0.3 is 25.2 Å². The third kappa shape index (κ3) is 7.55. The molecule has 0 heterocycles. The second-order valence-electron chi connectivity index (χ2n) is 6.03. The largest absolute Gasteiger partial charge is 0.493 e. The molecule has 7 heteroatoms. The third-order valence-corrected chi connectivity index (χ3v) is 4.11. The molecular weight excluding hydrogens is 469 g/mol. The van der Waals surface area contributed by atoms with Gasteiger partial charge in [-0.05, 0) is 36.6 Å². The first-order valence-electron chi connectivity index (χ1n) is 9.14. The summed E-state index contributed by atoms with van der Waals surface area (Å²) in [7, 11) is 3.24. The van der Waals surface area contributed by atoms with E-state index in [0.717, 1.165) is 17.7 Å². The van der Waals surface area contributed by atoms with Crippen molar-refractivity contribution < 1.29 is 14.6 Å². The Labute approximate surface area is 184 Å². The van der Waals surface area contributed by atoms with Crippen molar-refractivity contribution in [2.75, 3.05) is 27.3 Å². The van der Waals surface area contributed by atoms with Gasteiger partial charge in [0.05, 0.1) is 26.9 Å². The molecule has 2 aromatic carbocycles. The van der Waals surface area contributed by atoms with Crippen molar-refractivity contribution in [3.8, 4) is 11.5 Å². The van der Waals surface area contributed by atoms with Crippen molar-refractivity contribution in [3.63, 3.8) is 0 Å². The van der Waals surface area contributed by atoms with Crippen LogP contribution in [0.4, 0.5) is 0 Å². The van der Waals surface area contributed by atoms with E-state index in [0.29, 0.717) is 37.0 Å². The quantitative estimate of drug-likeness (QED) is 0.280. The van der Waals surface area contributed by atoms with E-state index in [9.17, 15) is 5.11 Å². The lowest BCUT2D eigenvalue weighted by molar-refractivity contribution is 0.168. The number of hydrogen-bond acceptors (Lipinski definition) is 4. The van der Waals surface area contributed by atoms with Crippen molar-refractivity contribution in [2.24, 2.45) is 4.99 Å². The Hall–Kier alpha value is -2.00. The van der Waals surface area contributed by atoms with E-state index < -0.39 is 6.10 Å². The molecule has 0 radical (unpaired) electrons. The lowest BCUT2D eigenvalue weighted by Crippen LogP contribution is -2.38. The number of halogens is 1. The van der Waals surface area contributed by atoms with E-state index in [1.54, 1.807) is 14.2 Å². The standard InChI is InChI=1S/C21H29N3O3.HI/c1-4-22-21(23-13-12-18(25)17-8-6-5-7-9-17)24-15-16-10-11-19(26-2)20(14-16)27-3;/h5-11,14,18,25H,4,12-13,15H2,1-3H3,(H2,22,23,24);1H. The Morgan fingerprint density at radius 2 is 1.75 bits per heavy atom. The number of guanidine groups is 1. The van der Waals surface area contributed by atoms with Crippen LogP contribution in [0.1, 0.15) is 30.6 Å². The molecule has 3 N–H and O–H groups in total. The third-order valence-electron chi connectivity index (χ3n) is 4.11. The maximum atomic E-state index is 10.3. The molecule has 2 aromatic rings. The van der Waals surface area contributed by atoms with E-state index in [2.05, 4.69) is 15.6 Å². The number of nitrogens with one attached hydrogen (secondary N) is 2. The maximum Gasteiger partial charge on any atom is 0.191 e. The molecule has 0 bridgehead atoms. The van der Waals surface area contributed by atoms with Gasteiger partial charge in [-0.3, -0.25) is 0 Å². The van der Waals surface area contributed by atoms with Crippen molar-refractivity contribution in [2.45, 2.75) is 26.0 Å². The number of benzene rings is 2. The Morgan fingerprint density at radius 3 is 2.39 bits per heavy atom. The Balaban J connectivity index is 0.00000392. The predicted molar refractivity (Wildman–Crippen MR) is 124 cm³/mol. The summed E-state index contributed by atoms with van der Waals surface area (Å²) < 4.78 is 10.6. The molecule has 0 spiro atoms. The highest BCUT2D eigenvalue weighted by atomic mass is 127. The fourth-order valence-corrected chi connectivity index (χ4v) is 2.66. The highest BCUT2D eigenvalue weighted by Gasteiger charge is 2.08. The molecule has 1 atom stereocenters. The number of methoxy groups -OCH3 is 2. The summed E-state index contributed by atoms with van der Waals surface area (Å²) in [4.78, 5) is 4.60. The molecule has 28 heavy (non-hydrogen) atoms. The average Bonchev–Trinajstić information content (AvgIpc) is 2.72. The number of hydrogen-bond donors (Lipinski definition) is 3. The minimum atomic E-state index is -0.493. The molecule has 154 valence electrons. The van der Waals surface area contributed by atoms with Gasteiger partial charge in [-0.1, -0.05) is 36.4 Å². The number of rotatable bonds is 9. The minimum absolute atomic E-state index is 0. The van der Waals surface area contributed by atoms with Crippen LogP contribution in [0.25, 0.3) is 0 Å². The number of aliphatic imine (C=N–C) groups is 1. The van der Waals surface area contributed by atoms with Gasteiger partial charge in [0.1, 0.15) is 0 Å². The minimum Gasteiger partial charge on any atom is -0.493 e. The molecule has 2 rings (SSSR count). The molecule has 0 aromatic heterocycles. The summed E-state index contributed by atoms with van der Waals surface area (Å²) in [6, 6.07) is 15.4. The number of ether oxygens (including phenoxy) is 2. The summed E-state index contributed by atoms with van der Waals surface area (Å²) in [5.74, 6) is 2.10. The molecule has 0 aliphatic heterocycles. The van der Waals surface area contributed by atoms with Crippen LogP contribution >= 0.6 is 24.0 Å². The molecule has 0 saturated carbocycles. The van der Waals surface area contributed by atoms with E-state index in [1.807, 2.05) is 55.5 Å². The van der Waals surface area contributed by atoms with E-state index in [-0.39, 0.29) is 24.0 Å². The van der Waals surface area contributed by atoms with Crippen molar-refractivity contribution in [1.82, 2.24) is 10.6 Å². The Kier molecular flexibility index (Phi) is 11.4. The van der Waals surface area contributed by atoms with Crippen LogP contribution in [0.5, 0.6) is 11.5 Å². The van der Waals surface area contributed by atoms with Gasteiger partial charge in [0, 0.05) is 13.1 Å². The van der Waals surface area contributed by atoms with Crippen LogP contribution in [0.2, 0.25) is 0 Å². The molecule has 1 unspecified atom stereocenters. The van der Waals surface area contributed by atoms with E-state index in [1.165, 1.54) is 0 Å². The number of aliphatic hydroxyl groups is 1. The molecule has 0 aliphatic carbocycles. The van der Waals surface area contributed by atoms with Crippen LogP contribution in [0.15, 0.2) is 53.5 Å². The second-order valence-corrected chi connectivity index (χ2v) is 6.03. The smallest absolute Gasteiger partial charge is 0.191 e. The zero-order valence-electron chi connectivity index (χ0n) is 16.6. The van der Waals surface area contributed by atoms with Gasteiger partial charge in [-0.25, -0.2) is 4.99 Å². The summed E-state index contributed by atoms with van der Waals surface area (Å²) in [5, 5.41) is 16.7. The van der Waals surface area contributed by atoms with Crippen LogP contribution in [0.3, 0.4) is 0 Å². The highest BCUT2D eigenvalue weighted by Crippen LogP contribution is 2.27. The van der Waals surface area contributed by atoms with Gasteiger partial charge in [0.2, 0.25) is 0 Å². The first-order chi connectivity index (χ1) is 13.2. The van der Waals surface area contributed by atoms with Gasteiger partial charge in [0.25, 0.3) is 0 Å². The topological polar surface area (TPSA) is 75.1 Å². The molecule has 0 saturated heterocycles. The highest BCUT2D eigenvalue weighted by molar-refractivity contribution is 14.0. The molecule has 0 fully saturated rings. The normalized spacial score (nSPS) is 11.9. The predicted octanol–water partition coefficient (Wildman–Crippen LogP) is 3.50. The lowest BCUT2D eigenvalue weighted by atomic mass is 10.1.